The second-order valence-electron chi connectivity index (χ2n) is 3.88. The molecule has 0 spiro atoms. The highest BCUT2D eigenvalue weighted by molar-refractivity contribution is 6.07. The van der Waals surface area contributed by atoms with Gasteiger partial charge in [0.2, 0.25) is 0 Å². The molecule has 0 aliphatic heterocycles. The van der Waals surface area contributed by atoms with E-state index in [0.717, 1.165) is 5.69 Å². The minimum atomic E-state index is -0.526. The van der Waals surface area contributed by atoms with Gasteiger partial charge in [0.1, 0.15) is 0 Å². The highest BCUT2D eigenvalue weighted by Crippen LogP contribution is 2.14. The zero-order valence-electron chi connectivity index (χ0n) is 10.2. The Balaban J connectivity index is 2.21. The molecule has 6 heteroatoms. The number of rotatable bonds is 4. The number of allylic oxidation sites excluding steroid dienone is 1. The van der Waals surface area contributed by atoms with Gasteiger partial charge in [-0.3, -0.25) is 19.6 Å². The minimum absolute atomic E-state index is 0.0974. The maximum atomic E-state index is 11.9. The van der Waals surface area contributed by atoms with Crippen LogP contribution in [-0.2, 0) is 7.05 Å². The molecule has 0 unspecified atom stereocenters. The van der Waals surface area contributed by atoms with E-state index in [4.69, 9.17) is 0 Å². The first-order valence-corrected chi connectivity index (χ1v) is 5.53. The van der Waals surface area contributed by atoms with Crippen molar-refractivity contribution in [1.29, 1.82) is 0 Å². The van der Waals surface area contributed by atoms with E-state index < -0.39 is 4.92 Å². The lowest BCUT2D eigenvalue weighted by Gasteiger charge is -1.97. The third kappa shape index (κ3) is 2.92. The average Bonchev–Trinajstić information content (AvgIpc) is 2.81. The summed E-state index contributed by atoms with van der Waals surface area (Å²) in [6, 6.07) is 7.40. The van der Waals surface area contributed by atoms with Crippen LogP contribution in [0.4, 0.5) is 5.69 Å². The Morgan fingerprint density at radius 2 is 2.21 bits per heavy atom. The van der Waals surface area contributed by atoms with E-state index in [9.17, 15) is 14.9 Å². The van der Waals surface area contributed by atoms with Gasteiger partial charge in [-0.1, -0.05) is 12.1 Å². The van der Waals surface area contributed by atoms with Crippen LogP contribution in [0.25, 0.3) is 6.08 Å². The SMILES string of the molecule is Cn1nccc1/C=C/C(=O)c1cccc([N+](=O)[O-])c1. The summed E-state index contributed by atoms with van der Waals surface area (Å²) >= 11 is 0. The molecule has 0 amide bonds. The molecule has 0 bridgehead atoms. The van der Waals surface area contributed by atoms with Gasteiger partial charge in [-0.2, -0.15) is 5.10 Å². The van der Waals surface area contributed by atoms with Gasteiger partial charge in [0, 0.05) is 30.9 Å². The van der Waals surface area contributed by atoms with E-state index in [-0.39, 0.29) is 17.0 Å². The molecule has 1 heterocycles. The van der Waals surface area contributed by atoms with Crippen molar-refractivity contribution in [3.05, 3.63) is 64.0 Å². The number of carbonyl (C=O) groups is 1. The number of carbonyl (C=O) groups excluding carboxylic acids is 1. The minimum Gasteiger partial charge on any atom is -0.289 e. The first-order chi connectivity index (χ1) is 9.08. The van der Waals surface area contributed by atoms with Gasteiger partial charge in [-0.25, -0.2) is 0 Å². The van der Waals surface area contributed by atoms with Crippen LogP contribution in [0, 0.1) is 10.1 Å². The summed E-state index contributed by atoms with van der Waals surface area (Å²) in [4.78, 5) is 22.0. The Kier molecular flexibility index (Phi) is 3.51. The molecule has 2 rings (SSSR count). The van der Waals surface area contributed by atoms with Crippen LogP contribution < -0.4 is 0 Å². The number of hydrogen-bond donors (Lipinski definition) is 0. The Labute approximate surface area is 109 Å². The maximum absolute atomic E-state index is 11.9. The summed E-state index contributed by atoms with van der Waals surface area (Å²) in [5.41, 5.74) is 0.964. The van der Waals surface area contributed by atoms with Gasteiger partial charge in [0.15, 0.2) is 5.78 Å². The van der Waals surface area contributed by atoms with Gasteiger partial charge in [0.05, 0.1) is 10.6 Å². The number of nitrogens with zero attached hydrogens (tertiary/aromatic N) is 3. The van der Waals surface area contributed by atoms with Crippen molar-refractivity contribution in [2.24, 2.45) is 7.05 Å². The number of ketones is 1. The van der Waals surface area contributed by atoms with E-state index in [1.807, 2.05) is 0 Å². The molecule has 0 N–H and O–H groups in total. The predicted octanol–water partition coefficient (Wildman–Crippen LogP) is 2.22. The zero-order valence-corrected chi connectivity index (χ0v) is 10.2. The molecule has 19 heavy (non-hydrogen) atoms. The lowest BCUT2D eigenvalue weighted by Crippen LogP contribution is -1.97. The summed E-state index contributed by atoms with van der Waals surface area (Å²) in [6.07, 6.45) is 4.61. The first-order valence-electron chi connectivity index (χ1n) is 5.53. The standard InChI is InChI=1S/C13H11N3O3/c1-15-11(7-8-14-15)5-6-13(17)10-3-2-4-12(9-10)16(18)19/h2-9H,1H3/b6-5+. The van der Waals surface area contributed by atoms with Crippen molar-refractivity contribution in [3.63, 3.8) is 0 Å². The third-order valence-corrected chi connectivity index (χ3v) is 2.61. The number of nitro groups is 1. The molecule has 96 valence electrons. The number of benzene rings is 1. The van der Waals surface area contributed by atoms with Crippen molar-refractivity contribution in [3.8, 4) is 0 Å². The number of hydrogen-bond acceptors (Lipinski definition) is 4. The molecule has 0 atom stereocenters. The van der Waals surface area contributed by atoms with Crippen LogP contribution in [0.1, 0.15) is 16.1 Å². The van der Waals surface area contributed by atoms with Crippen molar-refractivity contribution in [1.82, 2.24) is 9.78 Å². The van der Waals surface area contributed by atoms with Crippen molar-refractivity contribution in [2.45, 2.75) is 0 Å². The summed E-state index contributed by atoms with van der Waals surface area (Å²) in [5, 5.41) is 14.6. The first kappa shape index (κ1) is 12.7. The van der Waals surface area contributed by atoms with Crippen LogP contribution >= 0.6 is 0 Å². The fourth-order valence-electron chi connectivity index (χ4n) is 1.58. The quantitative estimate of drug-likeness (QED) is 0.364. The van der Waals surface area contributed by atoms with E-state index in [2.05, 4.69) is 5.10 Å². The molecule has 0 aliphatic carbocycles. The highest BCUT2D eigenvalue weighted by atomic mass is 16.6. The Morgan fingerprint density at radius 1 is 1.42 bits per heavy atom. The summed E-state index contributed by atoms with van der Waals surface area (Å²) in [6.45, 7) is 0. The van der Waals surface area contributed by atoms with E-state index >= 15 is 0 Å². The third-order valence-electron chi connectivity index (χ3n) is 2.61. The molecule has 1 aromatic carbocycles. The topological polar surface area (TPSA) is 78.0 Å². The van der Waals surface area contributed by atoms with Gasteiger partial charge < -0.3 is 0 Å². The molecule has 1 aromatic heterocycles. The Morgan fingerprint density at radius 3 is 2.84 bits per heavy atom. The molecule has 0 saturated heterocycles. The molecule has 2 aromatic rings. The Hall–Kier alpha value is -2.76. The summed E-state index contributed by atoms with van der Waals surface area (Å²) in [7, 11) is 1.76. The van der Waals surface area contributed by atoms with Gasteiger partial charge in [0.25, 0.3) is 5.69 Å². The highest BCUT2D eigenvalue weighted by Gasteiger charge is 2.09. The average molecular weight is 257 g/mol. The number of nitro benzene ring substituents is 1. The van der Waals surface area contributed by atoms with Crippen molar-refractivity contribution >= 4 is 17.5 Å². The van der Waals surface area contributed by atoms with Crippen LogP contribution in [-0.4, -0.2) is 20.5 Å². The largest absolute Gasteiger partial charge is 0.289 e. The van der Waals surface area contributed by atoms with E-state index in [1.165, 1.54) is 24.3 Å². The van der Waals surface area contributed by atoms with Gasteiger partial charge in [-0.15, -0.1) is 0 Å². The lowest BCUT2D eigenvalue weighted by molar-refractivity contribution is -0.384. The number of aromatic nitrogens is 2. The summed E-state index contributed by atoms with van der Waals surface area (Å²) in [5.74, 6) is -0.287. The molecule has 6 nitrogen and oxygen atoms in total. The summed E-state index contributed by atoms with van der Waals surface area (Å²) < 4.78 is 1.62. The predicted molar refractivity (Wildman–Crippen MR) is 69.7 cm³/mol. The van der Waals surface area contributed by atoms with Crippen molar-refractivity contribution < 1.29 is 9.72 Å². The van der Waals surface area contributed by atoms with Crippen LogP contribution in [0.5, 0.6) is 0 Å². The molecule has 0 aliphatic rings. The maximum Gasteiger partial charge on any atom is 0.270 e. The smallest absolute Gasteiger partial charge is 0.270 e. The zero-order chi connectivity index (χ0) is 13.8. The van der Waals surface area contributed by atoms with E-state index in [1.54, 1.807) is 36.1 Å². The number of aryl methyl sites for hydroxylation is 1. The molecule has 0 radical (unpaired) electrons. The van der Waals surface area contributed by atoms with Gasteiger partial charge in [-0.05, 0) is 18.2 Å². The second-order valence-corrected chi connectivity index (χ2v) is 3.88. The molecule has 0 fully saturated rings. The molecule has 0 saturated carbocycles. The molecular weight excluding hydrogens is 246 g/mol. The normalized spacial score (nSPS) is 10.8. The van der Waals surface area contributed by atoms with Gasteiger partial charge >= 0.3 is 0 Å². The fraction of sp³-hybridized carbons (Fsp3) is 0.0769. The Bertz CT molecular complexity index is 659. The second kappa shape index (κ2) is 5.26. The fourth-order valence-corrected chi connectivity index (χ4v) is 1.58. The van der Waals surface area contributed by atoms with Crippen LogP contribution in [0.2, 0.25) is 0 Å². The van der Waals surface area contributed by atoms with Crippen molar-refractivity contribution in [2.75, 3.05) is 0 Å². The number of non-ortho nitro benzene ring substituents is 1. The van der Waals surface area contributed by atoms with Crippen LogP contribution in [0.15, 0.2) is 42.6 Å². The van der Waals surface area contributed by atoms with Crippen LogP contribution in [0.3, 0.4) is 0 Å². The monoisotopic (exact) mass is 257 g/mol. The lowest BCUT2D eigenvalue weighted by atomic mass is 10.1. The van der Waals surface area contributed by atoms with E-state index in [0.29, 0.717) is 0 Å². The molecular formula is C13H11N3O3.